The standard InChI is InChI=1S/C24H17Cl5N4O4/c1-2-33-15(8-9-30-33)23(34)31-12-4-3-5-13(10-12)32-24(35)16-7-6-14(37-16)11-36-22-20(28)18(26)17(25)19(27)21(22)29/h3-10H,2,11H2,1H3,(H,31,34)(H,32,35). The van der Waals surface area contributed by atoms with Crippen LogP contribution in [0, 0.1) is 0 Å². The summed E-state index contributed by atoms with van der Waals surface area (Å²) in [5.41, 5.74) is 1.37. The third-order valence-corrected chi connectivity index (χ3v) is 7.28. The first-order chi connectivity index (χ1) is 17.7. The molecule has 2 aromatic heterocycles. The molecular weight excluding hydrogens is 586 g/mol. The fourth-order valence-electron chi connectivity index (χ4n) is 3.27. The number of aromatic nitrogens is 2. The Kier molecular flexibility index (Phi) is 8.56. The lowest BCUT2D eigenvalue weighted by Gasteiger charge is -2.12. The monoisotopic (exact) mass is 600 g/mol. The SMILES string of the molecule is CCn1nccc1C(=O)Nc1cccc(NC(=O)c2ccc(COc3c(Cl)c(Cl)c(Cl)c(Cl)c3Cl)o2)c1. The lowest BCUT2D eigenvalue weighted by atomic mass is 10.2. The van der Waals surface area contributed by atoms with Gasteiger partial charge in [0, 0.05) is 24.1 Å². The van der Waals surface area contributed by atoms with E-state index in [-0.39, 0.29) is 49.1 Å². The van der Waals surface area contributed by atoms with E-state index in [1.165, 1.54) is 6.07 Å². The van der Waals surface area contributed by atoms with E-state index in [0.717, 1.165) is 0 Å². The molecule has 0 aliphatic heterocycles. The summed E-state index contributed by atoms with van der Waals surface area (Å²) in [6, 6.07) is 11.4. The van der Waals surface area contributed by atoms with Gasteiger partial charge in [-0.05, 0) is 43.3 Å². The number of aryl methyl sites for hydroxylation is 1. The molecule has 0 radical (unpaired) electrons. The highest BCUT2D eigenvalue weighted by molar-refractivity contribution is 6.55. The number of nitrogens with zero attached hydrogens (tertiary/aromatic N) is 2. The van der Waals surface area contributed by atoms with E-state index in [2.05, 4.69) is 15.7 Å². The third kappa shape index (κ3) is 6.00. The Bertz CT molecular complexity index is 1450. The van der Waals surface area contributed by atoms with Gasteiger partial charge < -0.3 is 19.8 Å². The molecule has 4 aromatic rings. The molecule has 2 aromatic carbocycles. The fourth-order valence-corrected chi connectivity index (χ4v) is 4.50. The Balaban J connectivity index is 1.40. The average Bonchev–Trinajstić information content (AvgIpc) is 3.56. The molecule has 0 saturated carbocycles. The van der Waals surface area contributed by atoms with Gasteiger partial charge in [0.25, 0.3) is 11.8 Å². The molecule has 8 nitrogen and oxygen atoms in total. The normalized spacial score (nSPS) is 10.9. The van der Waals surface area contributed by atoms with Crippen molar-refractivity contribution in [1.29, 1.82) is 0 Å². The Labute approximate surface area is 236 Å². The van der Waals surface area contributed by atoms with Crippen molar-refractivity contribution >= 4 is 81.2 Å². The van der Waals surface area contributed by atoms with Crippen LogP contribution < -0.4 is 15.4 Å². The summed E-state index contributed by atoms with van der Waals surface area (Å²) in [6.45, 7) is 2.33. The summed E-state index contributed by atoms with van der Waals surface area (Å²) in [4.78, 5) is 25.3. The molecule has 4 rings (SSSR count). The van der Waals surface area contributed by atoms with Gasteiger partial charge in [0.1, 0.15) is 28.1 Å². The van der Waals surface area contributed by atoms with Crippen molar-refractivity contribution in [3.8, 4) is 5.75 Å². The number of benzene rings is 2. The number of hydrogen-bond acceptors (Lipinski definition) is 5. The van der Waals surface area contributed by atoms with E-state index < -0.39 is 5.91 Å². The first kappa shape index (κ1) is 27.2. The predicted molar refractivity (Wildman–Crippen MR) is 145 cm³/mol. The fraction of sp³-hybridized carbons (Fsp3) is 0.125. The van der Waals surface area contributed by atoms with Crippen LogP contribution in [0.25, 0.3) is 0 Å². The van der Waals surface area contributed by atoms with E-state index in [1.807, 2.05) is 6.92 Å². The number of hydrogen-bond donors (Lipinski definition) is 2. The number of anilines is 2. The van der Waals surface area contributed by atoms with Crippen LogP contribution in [0.1, 0.15) is 33.7 Å². The maximum atomic E-state index is 12.7. The molecular formula is C24H17Cl5N4O4. The summed E-state index contributed by atoms with van der Waals surface area (Å²) in [6.07, 6.45) is 1.56. The molecule has 0 atom stereocenters. The minimum absolute atomic E-state index is 0.00153. The van der Waals surface area contributed by atoms with Crippen molar-refractivity contribution in [1.82, 2.24) is 9.78 Å². The van der Waals surface area contributed by atoms with Crippen LogP contribution in [0.5, 0.6) is 5.75 Å². The second-order valence-electron chi connectivity index (χ2n) is 7.47. The van der Waals surface area contributed by atoms with Crippen LogP contribution >= 0.6 is 58.0 Å². The lowest BCUT2D eigenvalue weighted by Crippen LogP contribution is -2.17. The van der Waals surface area contributed by atoms with Crippen LogP contribution in [0.2, 0.25) is 25.1 Å². The summed E-state index contributed by atoms with van der Waals surface area (Å²) in [7, 11) is 0. The maximum absolute atomic E-state index is 12.7. The van der Waals surface area contributed by atoms with Crippen molar-refractivity contribution in [3.05, 3.63) is 91.0 Å². The van der Waals surface area contributed by atoms with Crippen LogP contribution in [0.15, 0.2) is 53.1 Å². The Morgan fingerprint density at radius 1 is 0.892 bits per heavy atom. The maximum Gasteiger partial charge on any atom is 0.291 e. The molecule has 13 heteroatoms. The van der Waals surface area contributed by atoms with E-state index in [9.17, 15) is 9.59 Å². The largest absolute Gasteiger partial charge is 0.482 e. The number of carbonyl (C=O) groups excluding carboxylic acids is 2. The molecule has 0 aliphatic carbocycles. The number of ether oxygens (including phenoxy) is 1. The van der Waals surface area contributed by atoms with Crippen LogP contribution in [-0.2, 0) is 13.2 Å². The molecule has 0 aliphatic rings. The smallest absolute Gasteiger partial charge is 0.291 e. The van der Waals surface area contributed by atoms with Gasteiger partial charge >= 0.3 is 0 Å². The van der Waals surface area contributed by atoms with E-state index in [0.29, 0.717) is 29.4 Å². The van der Waals surface area contributed by atoms with Crippen molar-refractivity contribution in [2.24, 2.45) is 0 Å². The number of amides is 2. The molecule has 0 bridgehead atoms. The second kappa shape index (κ2) is 11.7. The first-order valence-corrected chi connectivity index (χ1v) is 12.6. The third-order valence-electron chi connectivity index (χ3n) is 5.04. The highest BCUT2D eigenvalue weighted by Gasteiger charge is 2.21. The van der Waals surface area contributed by atoms with Crippen molar-refractivity contribution in [2.75, 3.05) is 10.6 Å². The molecule has 0 spiro atoms. The summed E-state index contributed by atoms with van der Waals surface area (Å²) >= 11 is 30.4. The highest BCUT2D eigenvalue weighted by Crippen LogP contribution is 2.48. The highest BCUT2D eigenvalue weighted by atomic mass is 35.5. The Hall–Kier alpha value is -2.88. The predicted octanol–water partition coefficient (Wildman–Crippen LogP) is 7.85. The Morgan fingerprint density at radius 3 is 2.16 bits per heavy atom. The van der Waals surface area contributed by atoms with E-state index in [1.54, 1.807) is 47.3 Å². The number of rotatable bonds is 8. The quantitative estimate of drug-likeness (QED) is 0.158. The van der Waals surface area contributed by atoms with Gasteiger partial charge in [-0.2, -0.15) is 5.10 Å². The van der Waals surface area contributed by atoms with E-state index >= 15 is 0 Å². The zero-order valence-corrected chi connectivity index (χ0v) is 22.7. The van der Waals surface area contributed by atoms with Gasteiger partial charge in [0.05, 0.1) is 15.1 Å². The van der Waals surface area contributed by atoms with Crippen molar-refractivity contribution < 1.29 is 18.7 Å². The zero-order valence-electron chi connectivity index (χ0n) is 19.0. The molecule has 192 valence electrons. The van der Waals surface area contributed by atoms with Crippen LogP contribution in [0.4, 0.5) is 11.4 Å². The average molecular weight is 603 g/mol. The second-order valence-corrected chi connectivity index (χ2v) is 9.36. The first-order valence-electron chi connectivity index (χ1n) is 10.7. The summed E-state index contributed by atoms with van der Waals surface area (Å²) in [5.74, 6) is -0.447. The molecule has 2 heterocycles. The van der Waals surface area contributed by atoms with Crippen LogP contribution in [0.3, 0.4) is 0 Å². The van der Waals surface area contributed by atoms with Gasteiger partial charge in [-0.15, -0.1) is 0 Å². The topological polar surface area (TPSA) is 98.4 Å². The molecule has 0 saturated heterocycles. The van der Waals surface area contributed by atoms with Gasteiger partial charge in [0.2, 0.25) is 0 Å². The van der Waals surface area contributed by atoms with Gasteiger partial charge in [-0.25, -0.2) is 0 Å². The minimum atomic E-state index is -0.507. The van der Waals surface area contributed by atoms with Gasteiger partial charge in [-0.1, -0.05) is 64.1 Å². The van der Waals surface area contributed by atoms with Crippen LogP contribution in [-0.4, -0.2) is 21.6 Å². The van der Waals surface area contributed by atoms with Crippen molar-refractivity contribution in [3.63, 3.8) is 0 Å². The molecule has 2 amide bonds. The van der Waals surface area contributed by atoms with Crippen molar-refractivity contribution in [2.45, 2.75) is 20.1 Å². The summed E-state index contributed by atoms with van der Waals surface area (Å²) < 4.78 is 12.8. The Morgan fingerprint density at radius 2 is 1.51 bits per heavy atom. The molecule has 37 heavy (non-hydrogen) atoms. The lowest BCUT2D eigenvalue weighted by molar-refractivity contribution is 0.0990. The van der Waals surface area contributed by atoms with Gasteiger partial charge in [0.15, 0.2) is 11.5 Å². The summed E-state index contributed by atoms with van der Waals surface area (Å²) in [5, 5.41) is 9.61. The number of carbonyl (C=O) groups is 2. The van der Waals surface area contributed by atoms with Gasteiger partial charge in [-0.3, -0.25) is 14.3 Å². The van der Waals surface area contributed by atoms with E-state index in [4.69, 9.17) is 67.2 Å². The number of nitrogens with one attached hydrogen (secondary N) is 2. The molecule has 0 unspecified atom stereocenters. The number of furan rings is 1. The zero-order chi connectivity index (χ0) is 26.7. The minimum Gasteiger partial charge on any atom is -0.482 e. The molecule has 0 fully saturated rings. The molecule has 2 N–H and O–H groups in total. The number of halogens is 5.